The summed E-state index contributed by atoms with van der Waals surface area (Å²) >= 11 is 0. The van der Waals surface area contributed by atoms with E-state index in [0.717, 1.165) is 0 Å². The molecule has 5 heteroatoms. The molecule has 0 amide bonds. The molecule has 1 heterocycles. The molecular weight excluding hydrogens is 252 g/mol. The highest BCUT2D eigenvalue weighted by Crippen LogP contribution is 2.31. The molecule has 0 spiro atoms. The molecule has 1 unspecified atom stereocenters. The lowest BCUT2D eigenvalue weighted by molar-refractivity contribution is -0.129. The summed E-state index contributed by atoms with van der Waals surface area (Å²) in [5.41, 5.74) is 1.16. The quantitative estimate of drug-likeness (QED) is 0.804. The first-order chi connectivity index (χ1) is 8.61. The van der Waals surface area contributed by atoms with Crippen LogP contribution in [0.4, 0.5) is 4.79 Å². The van der Waals surface area contributed by atoms with Crippen molar-refractivity contribution >= 4 is 32.2 Å². The molecule has 1 aliphatic heterocycles. The SMILES string of the molecule is O=C(O)C1=S(C(=O)O)C=CC=C1c1ccccc1. The van der Waals surface area contributed by atoms with Gasteiger partial charge in [-0.3, -0.25) is 0 Å². The highest BCUT2D eigenvalue weighted by atomic mass is 32.2. The summed E-state index contributed by atoms with van der Waals surface area (Å²) in [6.07, 6.45) is 3.22. The lowest BCUT2D eigenvalue weighted by atomic mass is 10.0. The summed E-state index contributed by atoms with van der Waals surface area (Å²) in [6.45, 7) is 0. The molecule has 92 valence electrons. The van der Waals surface area contributed by atoms with Gasteiger partial charge in [-0.05, 0) is 21.5 Å². The largest absolute Gasteiger partial charge is 0.477 e. The van der Waals surface area contributed by atoms with E-state index in [0.29, 0.717) is 11.1 Å². The van der Waals surface area contributed by atoms with Crippen LogP contribution in [0.25, 0.3) is 5.57 Å². The molecule has 1 aliphatic rings. The number of carboxylic acid groups (broad SMARTS) is 2. The molecule has 2 rings (SSSR count). The smallest absolute Gasteiger partial charge is 0.363 e. The maximum absolute atomic E-state index is 11.3. The van der Waals surface area contributed by atoms with Crippen LogP contribution in [0.15, 0.2) is 47.9 Å². The fourth-order valence-corrected chi connectivity index (χ4v) is 2.95. The highest BCUT2D eigenvalue weighted by Gasteiger charge is 2.23. The van der Waals surface area contributed by atoms with Crippen LogP contribution in [0.5, 0.6) is 0 Å². The summed E-state index contributed by atoms with van der Waals surface area (Å²) in [5, 5.41) is 18.6. The highest BCUT2D eigenvalue weighted by molar-refractivity contribution is 8.31. The van der Waals surface area contributed by atoms with E-state index in [1.807, 2.05) is 6.07 Å². The zero-order valence-corrected chi connectivity index (χ0v) is 10.1. The average Bonchev–Trinajstić information content (AvgIpc) is 2.38. The molecule has 0 aromatic heterocycles. The molecule has 1 aromatic rings. The Hall–Kier alpha value is -2.14. The molecule has 0 radical (unpaired) electrons. The Bertz CT molecular complexity index is 597. The van der Waals surface area contributed by atoms with Crippen LogP contribution >= 0.6 is 10.5 Å². The van der Waals surface area contributed by atoms with Gasteiger partial charge in [-0.15, -0.1) is 0 Å². The Morgan fingerprint density at radius 1 is 1.06 bits per heavy atom. The Morgan fingerprint density at radius 3 is 2.28 bits per heavy atom. The third-order valence-electron chi connectivity index (χ3n) is 2.41. The second-order valence-electron chi connectivity index (χ2n) is 3.51. The van der Waals surface area contributed by atoms with Crippen LogP contribution in [-0.4, -0.2) is 26.3 Å². The molecule has 0 fully saturated rings. The van der Waals surface area contributed by atoms with Crippen molar-refractivity contribution in [1.29, 1.82) is 0 Å². The number of carbonyl (C=O) groups is 2. The number of carboxylic acids is 1. The van der Waals surface area contributed by atoms with Crippen molar-refractivity contribution in [2.75, 3.05) is 0 Å². The van der Waals surface area contributed by atoms with Gasteiger partial charge in [0, 0.05) is 5.57 Å². The van der Waals surface area contributed by atoms with Gasteiger partial charge >= 0.3 is 11.3 Å². The average molecular weight is 262 g/mol. The fraction of sp³-hybridized carbons (Fsp3) is 0. The van der Waals surface area contributed by atoms with Gasteiger partial charge in [0.15, 0.2) is 0 Å². The van der Waals surface area contributed by atoms with Crippen molar-refractivity contribution in [3.05, 3.63) is 53.5 Å². The first-order valence-electron chi connectivity index (χ1n) is 5.12. The van der Waals surface area contributed by atoms with Gasteiger partial charge < -0.3 is 10.2 Å². The zero-order chi connectivity index (χ0) is 13.1. The van der Waals surface area contributed by atoms with Gasteiger partial charge in [0.1, 0.15) is 4.86 Å². The van der Waals surface area contributed by atoms with Gasteiger partial charge in [-0.25, -0.2) is 9.59 Å². The topological polar surface area (TPSA) is 74.6 Å². The number of benzene rings is 1. The molecule has 1 atom stereocenters. The van der Waals surface area contributed by atoms with Crippen molar-refractivity contribution < 1.29 is 19.8 Å². The minimum Gasteiger partial charge on any atom is -0.477 e. The zero-order valence-electron chi connectivity index (χ0n) is 9.24. The third-order valence-corrected chi connectivity index (χ3v) is 4.05. The van der Waals surface area contributed by atoms with Crippen LogP contribution in [0.1, 0.15) is 5.56 Å². The predicted molar refractivity (Wildman–Crippen MR) is 71.8 cm³/mol. The molecule has 0 aliphatic carbocycles. The van der Waals surface area contributed by atoms with Gasteiger partial charge in [0.05, 0.1) is 0 Å². The van der Waals surface area contributed by atoms with Crippen molar-refractivity contribution in [1.82, 2.24) is 0 Å². The maximum atomic E-state index is 11.3. The molecule has 1 aromatic carbocycles. The van der Waals surface area contributed by atoms with Crippen LogP contribution in [-0.2, 0) is 4.79 Å². The number of allylic oxidation sites excluding steroid dienone is 2. The van der Waals surface area contributed by atoms with E-state index in [9.17, 15) is 14.7 Å². The van der Waals surface area contributed by atoms with E-state index in [4.69, 9.17) is 5.11 Å². The molecule has 4 nitrogen and oxygen atoms in total. The Labute approximate surface area is 106 Å². The van der Waals surface area contributed by atoms with Crippen LogP contribution in [0, 0.1) is 0 Å². The van der Waals surface area contributed by atoms with E-state index in [2.05, 4.69) is 0 Å². The predicted octanol–water partition coefficient (Wildman–Crippen LogP) is 2.80. The summed E-state index contributed by atoms with van der Waals surface area (Å²) in [4.78, 5) is 22.3. The van der Waals surface area contributed by atoms with E-state index < -0.39 is 21.8 Å². The van der Waals surface area contributed by atoms with E-state index in [-0.39, 0.29) is 4.86 Å². The monoisotopic (exact) mass is 262 g/mol. The van der Waals surface area contributed by atoms with E-state index in [1.54, 1.807) is 36.4 Å². The van der Waals surface area contributed by atoms with E-state index in [1.165, 1.54) is 5.41 Å². The van der Waals surface area contributed by atoms with Gasteiger partial charge in [0.25, 0.3) is 0 Å². The lowest BCUT2D eigenvalue weighted by Crippen LogP contribution is -2.18. The maximum Gasteiger partial charge on any atom is 0.363 e. The normalized spacial score (nSPS) is 18.3. The van der Waals surface area contributed by atoms with Crippen LogP contribution in [0.2, 0.25) is 0 Å². The number of hydrogen-bond donors (Lipinski definition) is 2. The first kappa shape index (κ1) is 12.3. The Balaban J connectivity index is 2.62. The number of hydrogen-bond acceptors (Lipinski definition) is 2. The second kappa shape index (κ2) is 5.01. The van der Waals surface area contributed by atoms with Crippen molar-refractivity contribution in [2.45, 2.75) is 0 Å². The summed E-state index contributed by atoms with van der Waals surface area (Å²) in [7, 11) is -1.41. The van der Waals surface area contributed by atoms with Crippen molar-refractivity contribution in [3.63, 3.8) is 0 Å². The van der Waals surface area contributed by atoms with Gasteiger partial charge in [0.2, 0.25) is 0 Å². The molecule has 0 saturated carbocycles. The summed E-state index contributed by atoms with van der Waals surface area (Å²) in [5.74, 6) is -1.19. The Morgan fingerprint density at radius 2 is 1.72 bits per heavy atom. The van der Waals surface area contributed by atoms with Gasteiger partial charge in [-0.1, -0.05) is 42.5 Å². The molecular formula is C13H10O4S. The molecule has 2 N–H and O–H groups in total. The molecule has 0 bridgehead atoms. The van der Waals surface area contributed by atoms with Crippen molar-refractivity contribution in [3.8, 4) is 0 Å². The van der Waals surface area contributed by atoms with Crippen LogP contribution < -0.4 is 0 Å². The minimum atomic E-state index is -1.41. The van der Waals surface area contributed by atoms with Crippen molar-refractivity contribution in [2.24, 2.45) is 0 Å². The molecule has 18 heavy (non-hydrogen) atoms. The standard InChI is InChI=1S/C13H10O4S/c14-12(15)11-10(9-5-2-1-3-6-9)7-4-8-18(11)13(16)17/h1-8H,(H,14,15)(H,16,17). The summed E-state index contributed by atoms with van der Waals surface area (Å²) in [6, 6.07) is 8.91. The number of rotatable bonds is 2. The second-order valence-corrected chi connectivity index (χ2v) is 5.22. The van der Waals surface area contributed by atoms with Crippen LogP contribution in [0.3, 0.4) is 0 Å². The van der Waals surface area contributed by atoms with E-state index >= 15 is 0 Å². The lowest BCUT2D eigenvalue weighted by Gasteiger charge is -2.14. The first-order valence-corrected chi connectivity index (χ1v) is 6.40. The number of aliphatic carboxylic acids is 1. The fourth-order valence-electron chi connectivity index (χ4n) is 1.68. The summed E-state index contributed by atoms with van der Waals surface area (Å²) < 4.78 is 0. The minimum absolute atomic E-state index is 0.0730. The third kappa shape index (κ3) is 2.26. The Kier molecular flexibility index (Phi) is 3.43. The van der Waals surface area contributed by atoms with Gasteiger partial charge in [-0.2, -0.15) is 0 Å². The molecule has 0 saturated heterocycles.